The summed E-state index contributed by atoms with van der Waals surface area (Å²) in [6.45, 7) is 5.62. The van der Waals surface area contributed by atoms with Gasteiger partial charge in [-0.1, -0.05) is 24.3 Å². The molecule has 3 nitrogen and oxygen atoms in total. The topological polar surface area (TPSA) is 35.5 Å². The first kappa shape index (κ1) is 11.7. The van der Waals surface area contributed by atoms with E-state index >= 15 is 0 Å². The largest absolute Gasteiger partial charge is 0.496 e. The maximum absolute atomic E-state index is 12.0. The van der Waals surface area contributed by atoms with Gasteiger partial charge in [-0.05, 0) is 31.9 Å². The number of aryl methyl sites for hydroxylation is 1. The maximum Gasteiger partial charge on any atom is 0.343 e. The van der Waals surface area contributed by atoms with Crippen molar-refractivity contribution in [1.82, 2.24) is 0 Å². The van der Waals surface area contributed by atoms with E-state index in [0.29, 0.717) is 11.3 Å². The van der Waals surface area contributed by atoms with Crippen molar-refractivity contribution in [1.29, 1.82) is 0 Å². The van der Waals surface area contributed by atoms with Gasteiger partial charge in [0.1, 0.15) is 5.57 Å². The number of hydrogen-bond donors (Lipinski definition) is 0. The molecule has 0 unspecified atom stereocenters. The molecule has 0 spiro atoms. The molecule has 1 aromatic carbocycles. The van der Waals surface area contributed by atoms with Crippen molar-refractivity contribution >= 4 is 11.5 Å². The van der Waals surface area contributed by atoms with Crippen LogP contribution >= 0.6 is 0 Å². The molecule has 90 valence electrons. The monoisotopic (exact) mass is 232 g/mol. The number of cyclic esters (lactones) is 1. The van der Waals surface area contributed by atoms with Crippen molar-refractivity contribution in [2.24, 2.45) is 0 Å². The number of benzene rings is 1. The molecule has 0 aliphatic carbocycles. The van der Waals surface area contributed by atoms with Crippen LogP contribution in [0.5, 0.6) is 0 Å². The zero-order chi connectivity index (χ0) is 12.6. The van der Waals surface area contributed by atoms with Crippen LogP contribution in [-0.2, 0) is 14.3 Å². The third kappa shape index (κ3) is 1.82. The Morgan fingerprint density at radius 2 is 1.88 bits per heavy atom. The molecule has 3 heteroatoms. The standard InChI is InChI=1S/C14H16O3/c1-9-7-5-6-8-10(9)11-12(16-4)14(2,3)17-13(11)15/h5-8H,1-4H3. The summed E-state index contributed by atoms with van der Waals surface area (Å²) in [5, 5.41) is 0. The molecule has 1 aliphatic heterocycles. The molecule has 0 radical (unpaired) electrons. The summed E-state index contributed by atoms with van der Waals surface area (Å²) >= 11 is 0. The molecule has 2 rings (SSSR count). The lowest BCUT2D eigenvalue weighted by atomic mass is 9.97. The van der Waals surface area contributed by atoms with Crippen LogP contribution in [0.25, 0.3) is 5.57 Å². The number of hydrogen-bond acceptors (Lipinski definition) is 3. The molecule has 0 saturated heterocycles. The van der Waals surface area contributed by atoms with Gasteiger partial charge in [-0.25, -0.2) is 4.79 Å². The quantitative estimate of drug-likeness (QED) is 0.735. The van der Waals surface area contributed by atoms with Crippen molar-refractivity contribution in [2.45, 2.75) is 26.4 Å². The van der Waals surface area contributed by atoms with Crippen LogP contribution in [0, 0.1) is 6.92 Å². The molecule has 0 saturated carbocycles. The molecular weight excluding hydrogens is 216 g/mol. The Morgan fingerprint density at radius 3 is 2.47 bits per heavy atom. The summed E-state index contributed by atoms with van der Waals surface area (Å²) in [7, 11) is 1.57. The van der Waals surface area contributed by atoms with Gasteiger partial charge in [-0.15, -0.1) is 0 Å². The van der Waals surface area contributed by atoms with E-state index in [4.69, 9.17) is 9.47 Å². The van der Waals surface area contributed by atoms with Gasteiger partial charge in [0.25, 0.3) is 0 Å². The molecule has 0 atom stereocenters. The average Bonchev–Trinajstić information content (AvgIpc) is 2.48. The number of esters is 1. The molecule has 0 bridgehead atoms. The van der Waals surface area contributed by atoms with Crippen LogP contribution in [0.1, 0.15) is 25.0 Å². The second kappa shape index (κ2) is 3.91. The highest BCUT2D eigenvalue weighted by Gasteiger charge is 2.42. The molecular formula is C14H16O3. The predicted molar refractivity (Wildman–Crippen MR) is 65.3 cm³/mol. The van der Waals surface area contributed by atoms with Gasteiger partial charge in [-0.3, -0.25) is 0 Å². The van der Waals surface area contributed by atoms with Crippen LogP contribution in [0.15, 0.2) is 30.0 Å². The van der Waals surface area contributed by atoms with E-state index in [9.17, 15) is 4.79 Å². The summed E-state index contributed by atoms with van der Waals surface area (Å²) in [4.78, 5) is 12.0. The second-order valence-corrected chi connectivity index (χ2v) is 4.62. The Labute approximate surface area is 101 Å². The highest BCUT2D eigenvalue weighted by molar-refractivity contribution is 6.20. The number of carbonyl (C=O) groups is 1. The van der Waals surface area contributed by atoms with Crippen molar-refractivity contribution in [3.63, 3.8) is 0 Å². The molecule has 0 fully saturated rings. The van der Waals surface area contributed by atoms with E-state index in [-0.39, 0.29) is 5.97 Å². The van der Waals surface area contributed by atoms with Crippen molar-refractivity contribution in [2.75, 3.05) is 7.11 Å². The molecule has 1 aromatic rings. The minimum absolute atomic E-state index is 0.318. The van der Waals surface area contributed by atoms with Crippen molar-refractivity contribution < 1.29 is 14.3 Å². The van der Waals surface area contributed by atoms with E-state index in [1.807, 2.05) is 45.0 Å². The first-order valence-electron chi connectivity index (χ1n) is 5.55. The van der Waals surface area contributed by atoms with Crippen molar-refractivity contribution in [3.05, 3.63) is 41.2 Å². The number of rotatable bonds is 2. The lowest BCUT2D eigenvalue weighted by molar-refractivity contribution is -0.144. The van der Waals surface area contributed by atoms with Crippen LogP contribution < -0.4 is 0 Å². The van der Waals surface area contributed by atoms with Crippen LogP contribution in [0.3, 0.4) is 0 Å². The fourth-order valence-corrected chi connectivity index (χ4v) is 2.16. The third-order valence-corrected chi connectivity index (χ3v) is 2.94. The number of carbonyl (C=O) groups excluding carboxylic acids is 1. The molecule has 1 aliphatic rings. The summed E-state index contributed by atoms with van der Waals surface area (Å²) in [5.41, 5.74) is 1.76. The van der Waals surface area contributed by atoms with Gasteiger partial charge in [0.2, 0.25) is 0 Å². The Kier molecular flexibility index (Phi) is 2.69. The maximum atomic E-state index is 12.0. The summed E-state index contributed by atoms with van der Waals surface area (Å²) in [5.74, 6) is 0.276. The lowest BCUT2D eigenvalue weighted by Gasteiger charge is -2.19. The Hall–Kier alpha value is -1.77. The lowest BCUT2D eigenvalue weighted by Crippen LogP contribution is -2.23. The fraction of sp³-hybridized carbons (Fsp3) is 0.357. The summed E-state index contributed by atoms with van der Waals surface area (Å²) in [6.07, 6.45) is 0. The Morgan fingerprint density at radius 1 is 1.24 bits per heavy atom. The van der Waals surface area contributed by atoms with E-state index < -0.39 is 5.60 Å². The van der Waals surface area contributed by atoms with Gasteiger partial charge in [0.05, 0.1) is 7.11 Å². The molecule has 1 heterocycles. The molecule has 0 N–H and O–H groups in total. The third-order valence-electron chi connectivity index (χ3n) is 2.94. The first-order valence-corrected chi connectivity index (χ1v) is 5.55. The predicted octanol–water partition coefficient (Wildman–Crippen LogP) is 2.69. The highest BCUT2D eigenvalue weighted by Crippen LogP contribution is 2.38. The zero-order valence-corrected chi connectivity index (χ0v) is 10.5. The summed E-state index contributed by atoms with van der Waals surface area (Å²) < 4.78 is 10.7. The smallest absolute Gasteiger partial charge is 0.343 e. The van der Waals surface area contributed by atoms with Gasteiger partial charge in [0.15, 0.2) is 11.4 Å². The highest BCUT2D eigenvalue weighted by atomic mass is 16.6. The van der Waals surface area contributed by atoms with E-state index in [0.717, 1.165) is 11.1 Å². The number of methoxy groups -OCH3 is 1. The fourth-order valence-electron chi connectivity index (χ4n) is 2.16. The van der Waals surface area contributed by atoms with Crippen LogP contribution in [-0.4, -0.2) is 18.7 Å². The van der Waals surface area contributed by atoms with E-state index in [1.165, 1.54) is 0 Å². The molecule has 0 aromatic heterocycles. The normalized spacial score (nSPS) is 18.2. The Balaban J connectivity index is 2.64. The zero-order valence-electron chi connectivity index (χ0n) is 10.5. The Bertz CT molecular complexity index is 498. The minimum Gasteiger partial charge on any atom is -0.496 e. The van der Waals surface area contributed by atoms with Gasteiger partial charge in [-0.2, -0.15) is 0 Å². The average molecular weight is 232 g/mol. The van der Waals surface area contributed by atoms with Crippen LogP contribution in [0.4, 0.5) is 0 Å². The SMILES string of the molecule is COC1=C(c2ccccc2C)C(=O)OC1(C)C. The van der Waals surface area contributed by atoms with E-state index in [1.54, 1.807) is 7.11 Å². The first-order chi connectivity index (χ1) is 7.97. The second-order valence-electron chi connectivity index (χ2n) is 4.62. The molecule has 0 amide bonds. The van der Waals surface area contributed by atoms with Crippen LogP contribution in [0.2, 0.25) is 0 Å². The number of ether oxygens (including phenoxy) is 2. The van der Waals surface area contributed by atoms with Crippen molar-refractivity contribution in [3.8, 4) is 0 Å². The molecule has 17 heavy (non-hydrogen) atoms. The van der Waals surface area contributed by atoms with Gasteiger partial charge >= 0.3 is 5.97 Å². The van der Waals surface area contributed by atoms with E-state index in [2.05, 4.69) is 0 Å². The summed E-state index contributed by atoms with van der Waals surface area (Å²) in [6, 6.07) is 7.72. The van der Waals surface area contributed by atoms with Gasteiger partial charge in [0, 0.05) is 0 Å². The minimum atomic E-state index is -0.691. The van der Waals surface area contributed by atoms with Gasteiger partial charge < -0.3 is 9.47 Å².